The molecule has 2 aromatic heterocycles. The van der Waals surface area contributed by atoms with Crippen molar-refractivity contribution in [2.75, 3.05) is 50.3 Å². The van der Waals surface area contributed by atoms with Gasteiger partial charge in [-0.15, -0.1) is 0 Å². The Labute approximate surface area is 331 Å². The van der Waals surface area contributed by atoms with E-state index in [1.54, 1.807) is 14.2 Å². The number of anilines is 2. The van der Waals surface area contributed by atoms with Crippen molar-refractivity contribution >= 4 is 66.7 Å². The van der Waals surface area contributed by atoms with Gasteiger partial charge in [0.1, 0.15) is 23.1 Å². The summed E-state index contributed by atoms with van der Waals surface area (Å²) in [6, 6.07) is 16.5. The molecule has 272 valence electrons. The Balaban J connectivity index is 0.000000138. The lowest BCUT2D eigenvalue weighted by molar-refractivity contribution is 0.295. The standard InChI is InChI=1S/2C20H20BrClN2O2/c2*1-25-14-4-2-13(3-5-14)9-24-11-19(6-7-20(10-19)12-26-20)16-17(22)15(21)8-23-18(16)24/h2*2-5,8H,6-7,9-12H2,1H3/t19-,20+;19-,20-/m00/s1. The summed E-state index contributed by atoms with van der Waals surface area (Å²) in [6.07, 6.45) is 10.2. The summed E-state index contributed by atoms with van der Waals surface area (Å²) in [5, 5.41) is 1.62. The number of rotatable bonds is 6. The number of hydrogen-bond acceptors (Lipinski definition) is 8. The number of methoxy groups -OCH3 is 2. The first-order valence-corrected chi connectivity index (χ1v) is 20.2. The first-order chi connectivity index (χ1) is 25.1. The van der Waals surface area contributed by atoms with Gasteiger partial charge < -0.3 is 28.7 Å². The van der Waals surface area contributed by atoms with E-state index in [4.69, 9.17) is 52.1 Å². The third-order valence-corrected chi connectivity index (χ3v) is 14.6. The van der Waals surface area contributed by atoms with Crippen LogP contribution in [0.4, 0.5) is 11.6 Å². The van der Waals surface area contributed by atoms with Gasteiger partial charge in [-0.2, -0.15) is 0 Å². The van der Waals surface area contributed by atoms with Crippen LogP contribution in [0.5, 0.6) is 11.5 Å². The van der Waals surface area contributed by atoms with Crippen molar-refractivity contribution in [2.24, 2.45) is 0 Å². The van der Waals surface area contributed by atoms with E-state index in [9.17, 15) is 0 Å². The molecule has 4 fully saturated rings. The highest BCUT2D eigenvalue weighted by Crippen LogP contribution is 2.61. The minimum Gasteiger partial charge on any atom is -0.497 e. The first-order valence-electron chi connectivity index (χ1n) is 17.8. The van der Waals surface area contributed by atoms with E-state index in [1.165, 1.54) is 22.3 Å². The van der Waals surface area contributed by atoms with Gasteiger partial charge in [-0.05, 0) is 106 Å². The van der Waals surface area contributed by atoms with E-state index in [1.807, 2.05) is 36.7 Å². The summed E-state index contributed by atoms with van der Waals surface area (Å²) in [5.74, 6) is 3.79. The second-order valence-electron chi connectivity index (χ2n) is 15.5. The maximum absolute atomic E-state index is 6.76. The highest BCUT2D eigenvalue weighted by Gasteiger charge is 2.62. The molecule has 10 rings (SSSR count). The van der Waals surface area contributed by atoms with Crippen LogP contribution in [0.1, 0.15) is 60.8 Å². The average molecular weight is 871 g/mol. The molecule has 4 atom stereocenters. The number of pyridine rings is 2. The summed E-state index contributed by atoms with van der Waals surface area (Å²) >= 11 is 20.7. The van der Waals surface area contributed by atoms with E-state index < -0.39 is 0 Å². The second-order valence-corrected chi connectivity index (χ2v) is 18.0. The molecule has 4 spiro atoms. The second kappa shape index (κ2) is 13.0. The fraction of sp³-hybridized carbons (Fsp3) is 0.450. The average Bonchev–Trinajstić information content (AvgIpc) is 3.94. The number of epoxide rings is 2. The quantitative estimate of drug-likeness (QED) is 0.178. The van der Waals surface area contributed by atoms with Crippen molar-refractivity contribution in [1.82, 2.24) is 9.97 Å². The topological polar surface area (TPSA) is 75.8 Å². The highest BCUT2D eigenvalue weighted by molar-refractivity contribution is 9.10. The number of hydrogen-bond donors (Lipinski definition) is 0. The summed E-state index contributed by atoms with van der Waals surface area (Å²) in [7, 11) is 3.38. The van der Waals surface area contributed by atoms with Gasteiger partial charge in [0.2, 0.25) is 0 Å². The maximum Gasteiger partial charge on any atom is 0.134 e. The molecule has 0 radical (unpaired) electrons. The number of nitrogens with zero attached hydrogens (tertiary/aromatic N) is 4. The van der Waals surface area contributed by atoms with Gasteiger partial charge in [0.05, 0.1) is 57.6 Å². The Morgan fingerprint density at radius 3 is 1.37 bits per heavy atom. The molecule has 2 aliphatic carbocycles. The fourth-order valence-electron chi connectivity index (χ4n) is 9.45. The van der Waals surface area contributed by atoms with E-state index in [2.05, 4.69) is 65.9 Å². The molecule has 0 N–H and O–H groups in total. The van der Waals surface area contributed by atoms with E-state index in [-0.39, 0.29) is 22.0 Å². The van der Waals surface area contributed by atoms with E-state index >= 15 is 0 Å². The first kappa shape index (κ1) is 35.1. The zero-order valence-corrected chi connectivity index (χ0v) is 33.9. The van der Waals surface area contributed by atoms with Crippen LogP contribution in [0, 0.1) is 0 Å². The van der Waals surface area contributed by atoms with Crippen LogP contribution in [-0.2, 0) is 33.4 Å². The summed E-state index contributed by atoms with van der Waals surface area (Å²) in [5.41, 5.74) is 5.18. The van der Waals surface area contributed by atoms with Crippen LogP contribution in [0.2, 0.25) is 10.0 Å². The van der Waals surface area contributed by atoms with Gasteiger partial charge >= 0.3 is 0 Å². The molecule has 0 bridgehead atoms. The predicted octanol–water partition coefficient (Wildman–Crippen LogP) is 9.43. The number of halogens is 4. The summed E-state index contributed by atoms with van der Waals surface area (Å²) < 4.78 is 23.9. The van der Waals surface area contributed by atoms with Crippen molar-refractivity contribution in [3.05, 3.63) is 102 Å². The van der Waals surface area contributed by atoms with Crippen LogP contribution >= 0.6 is 55.1 Å². The normalized spacial score (nSPS) is 28.8. The predicted molar refractivity (Wildman–Crippen MR) is 210 cm³/mol. The fourth-order valence-corrected chi connectivity index (χ4v) is 10.7. The third-order valence-electron chi connectivity index (χ3n) is 12.2. The Morgan fingerprint density at radius 2 is 1.04 bits per heavy atom. The molecular formula is C40H40Br2Cl2N4O4. The molecule has 4 aromatic rings. The van der Waals surface area contributed by atoms with Crippen LogP contribution in [0.15, 0.2) is 69.9 Å². The van der Waals surface area contributed by atoms with Gasteiger partial charge in [0.15, 0.2) is 0 Å². The van der Waals surface area contributed by atoms with E-state index in [0.717, 1.165) is 120 Å². The van der Waals surface area contributed by atoms with Gasteiger partial charge in [-0.3, -0.25) is 0 Å². The van der Waals surface area contributed by atoms with E-state index in [0.29, 0.717) is 0 Å². The van der Waals surface area contributed by atoms with Crippen molar-refractivity contribution in [3.8, 4) is 11.5 Å². The smallest absolute Gasteiger partial charge is 0.134 e. The van der Waals surface area contributed by atoms with Crippen LogP contribution < -0.4 is 19.3 Å². The Kier molecular flexibility index (Phi) is 8.79. The van der Waals surface area contributed by atoms with Gasteiger partial charge in [0, 0.05) is 60.5 Å². The number of ether oxygens (including phenoxy) is 4. The van der Waals surface area contributed by atoms with Gasteiger partial charge in [-0.25, -0.2) is 9.97 Å². The number of aromatic nitrogens is 2. The van der Waals surface area contributed by atoms with Crippen molar-refractivity contribution in [2.45, 2.75) is 73.6 Å². The summed E-state index contributed by atoms with van der Waals surface area (Å²) in [6.45, 7) is 5.31. The zero-order chi connectivity index (χ0) is 35.9. The largest absolute Gasteiger partial charge is 0.497 e. The third kappa shape index (κ3) is 6.09. The van der Waals surface area contributed by atoms with Crippen LogP contribution in [0.25, 0.3) is 0 Å². The molecule has 0 unspecified atom stereocenters. The lowest BCUT2D eigenvalue weighted by Crippen LogP contribution is -2.32. The van der Waals surface area contributed by atoms with Gasteiger partial charge in [-0.1, -0.05) is 47.5 Å². The minimum absolute atomic E-state index is 0.0478. The lowest BCUT2D eigenvalue weighted by atomic mass is 9.80. The van der Waals surface area contributed by atoms with Crippen molar-refractivity contribution in [3.63, 3.8) is 0 Å². The lowest BCUT2D eigenvalue weighted by Gasteiger charge is -2.26. The molecule has 4 aliphatic heterocycles. The molecule has 6 heterocycles. The van der Waals surface area contributed by atoms with Crippen molar-refractivity contribution < 1.29 is 18.9 Å². The SMILES string of the molecule is COc1ccc(CN2C[C@@]3(CC[C@@]4(CO4)C3)c3c2ncc(Br)c3Cl)cc1.COc1ccc(CN2C[C@@]3(CC[C@]4(CO4)C3)c3c2ncc(Br)c3Cl)cc1. The van der Waals surface area contributed by atoms with Crippen LogP contribution in [0.3, 0.4) is 0 Å². The monoisotopic (exact) mass is 868 g/mol. The zero-order valence-electron chi connectivity index (χ0n) is 29.2. The molecule has 8 nitrogen and oxygen atoms in total. The number of fused-ring (bicyclic) bond motifs is 4. The van der Waals surface area contributed by atoms with Gasteiger partial charge in [0.25, 0.3) is 0 Å². The summed E-state index contributed by atoms with van der Waals surface area (Å²) in [4.78, 5) is 14.2. The molecule has 12 heteroatoms. The highest BCUT2D eigenvalue weighted by atomic mass is 79.9. The molecular weight excluding hydrogens is 831 g/mol. The Bertz CT molecular complexity index is 1880. The molecule has 0 amide bonds. The molecule has 2 saturated carbocycles. The Morgan fingerprint density at radius 1 is 0.654 bits per heavy atom. The molecule has 52 heavy (non-hydrogen) atoms. The maximum atomic E-state index is 6.76. The molecule has 2 saturated heterocycles. The number of benzene rings is 2. The molecule has 6 aliphatic rings. The molecule has 2 aromatic carbocycles. The Hall–Kier alpha value is -2.60. The minimum atomic E-state index is 0.0478. The van der Waals surface area contributed by atoms with Crippen LogP contribution in [-0.4, -0.2) is 61.7 Å². The van der Waals surface area contributed by atoms with Crippen molar-refractivity contribution in [1.29, 1.82) is 0 Å².